The highest BCUT2D eigenvalue weighted by molar-refractivity contribution is 7.12. The Balaban J connectivity index is 1.37. The third-order valence-electron chi connectivity index (χ3n) is 4.04. The van der Waals surface area contributed by atoms with Crippen molar-refractivity contribution in [2.75, 3.05) is 25.6 Å². The third kappa shape index (κ3) is 6.60. The van der Waals surface area contributed by atoms with Crippen molar-refractivity contribution in [1.29, 1.82) is 0 Å². The number of hydrogen-bond acceptors (Lipinski definition) is 6. The molecule has 0 aliphatic heterocycles. The average molecular weight is 413 g/mol. The minimum Gasteiger partial charge on any atom is -0.497 e. The largest absolute Gasteiger partial charge is 0.497 e. The number of rotatable bonds is 10. The summed E-state index contributed by atoms with van der Waals surface area (Å²) in [5, 5.41) is 14.7. The van der Waals surface area contributed by atoms with E-state index in [1.54, 1.807) is 37.4 Å². The van der Waals surface area contributed by atoms with Crippen LogP contribution in [0, 0.1) is 0 Å². The molecule has 2 aromatic carbocycles. The molecular weight excluding hydrogens is 390 g/mol. The van der Waals surface area contributed by atoms with E-state index in [9.17, 15) is 9.90 Å². The smallest absolute Gasteiger partial charge is 0.265 e. The number of aliphatic hydroxyl groups excluding tert-OH is 1. The molecule has 29 heavy (non-hydrogen) atoms. The number of carbonyl (C=O) groups is 1. The molecule has 1 atom stereocenters. The zero-order valence-corrected chi connectivity index (χ0v) is 16.9. The van der Waals surface area contributed by atoms with Crippen molar-refractivity contribution in [3.05, 3.63) is 76.5 Å². The van der Waals surface area contributed by atoms with Crippen LogP contribution in [0.15, 0.2) is 66.0 Å². The molecule has 3 rings (SSSR count). The minimum atomic E-state index is -0.744. The first-order valence-corrected chi connectivity index (χ1v) is 9.98. The lowest BCUT2D eigenvalue weighted by Crippen LogP contribution is -2.23. The molecular formula is C22H23NO5S. The lowest BCUT2D eigenvalue weighted by molar-refractivity contribution is 0.00548. The topological polar surface area (TPSA) is 77.0 Å². The van der Waals surface area contributed by atoms with Gasteiger partial charge >= 0.3 is 0 Å². The Hall–Kier alpha value is -2.87. The van der Waals surface area contributed by atoms with Crippen LogP contribution in [0.2, 0.25) is 0 Å². The van der Waals surface area contributed by atoms with E-state index in [2.05, 4.69) is 5.32 Å². The molecule has 0 spiro atoms. The molecule has 0 aliphatic carbocycles. The Labute approximate surface area is 173 Å². The van der Waals surface area contributed by atoms with Gasteiger partial charge in [-0.15, -0.1) is 11.3 Å². The van der Waals surface area contributed by atoms with E-state index in [1.807, 2.05) is 35.7 Å². The zero-order chi connectivity index (χ0) is 20.5. The van der Waals surface area contributed by atoms with Crippen molar-refractivity contribution in [2.45, 2.75) is 12.7 Å². The SMILES string of the molecule is COc1ccc(COCC(O)COc2ccc(NC(=O)c3cccs3)cc2)cc1. The van der Waals surface area contributed by atoms with E-state index < -0.39 is 6.10 Å². The van der Waals surface area contributed by atoms with Crippen LogP contribution in [0.1, 0.15) is 15.2 Å². The Bertz CT molecular complexity index is 879. The summed E-state index contributed by atoms with van der Waals surface area (Å²) in [6.07, 6.45) is -0.744. The second-order valence-corrected chi connectivity index (χ2v) is 7.23. The van der Waals surface area contributed by atoms with Crippen LogP contribution < -0.4 is 14.8 Å². The number of aliphatic hydroxyl groups is 1. The second-order valence-electron chi connectivity index (χ2n) is 6.28. The number of thiophene rings is 1. The molecule has 0 radical (unpaired) electrons. The molecule has 1 amide bonds. The minimum absolute atomic E-state index is 0.115. The Morgan fingerprint density at radius 3 is 2.41 bits per heavy atom. The summed E-state index contributed by atoms with van der Waals surface area (Å²) >= 11 is 1.39. The van der Waals surface area contributed by atoms with Crippen LogP contribution in [-0.4, -0.2) is 37.4 Å². The summed E-state index contributed by atoms with van der Waals surface area (Å²) in [7, 11) is 1.62. The number of nitrogens with one attached hydrogen (secondary N) is 1. The highest BCUT2D eigenvalue weighted by Gasteiger charge is 2.08. The first-order valence-electron chi connectivity index (χ1n) is 9.10. The monoisotopic (exact) mass is 413 g/mol. The molecule has 152 valence electrons. The highest BCUT2D eigenvalue weighted by Crippen LogP contribution is 2.18. The lowest BCUT2D eigenvalue weighted by atomic mass is 10.2. The van der Waals surface area contributed by atoms with Gasteiger partial charge in [0.25, 0.3) is 5.91 Å². The van der Waals surface area contributed by atoms with Gasteiger partial charge in [-0.1, -0.05) is 18.2 Å². The number of benzene rings is 2. The van der Waals surface area contributed by atoms with E-state index in [-0.39, 0.29) is 19.1 Å². The summed E-state index contributed by atoms with van der Waals surface area (Å²) < 4.78 is 16.2. The van der Waals surface area contributed by atoms with E-state index in [1.165, 1.54) is 11.3 Å². The molecule has 0 aliphatic rings. The van der Waals surface area contributed by atoms with Crippen LogP contribution >= 0.6 is 11.3 Å². The third-order valence-corrected chi connectivity index (χ3v) is 4.91. The average Bonchev–Trinajstić information content (AvgIpc) is 3.29. The predicted octanol–water partition coefficient (Wildman–Crippen LogP) is 3.97. The number of methoxy groups -OCH3 is 1. The first-order chi connectivity index (χ1) is 14.1. The molecule has 3 aromatic rings. The van der Waals surface area contributed by atoms with Crippen molar-refractivity contribution in [3.8, 4) is 11.5 Å². The van der Waals surface area contributed by atoms with Gasteiger partial charge in [0.15, 0.2) is 0 Å². The lowest BCUT2D eigenvalue weighted by Gasteiger charge is -2.13. The maximum Gasteiger partial charge on any atom is 0.265 e. The molecule has 6 nitrogen and oxygen atoms in total. The fourth-order valence-electron chi connectivity index (χ4n) is 2.51. The molecule has 1 heterocycles. The molecule has 7 heteroatoms. The van der Waals surface area contributed by atoms with Crippen molar-refractivity contribution >= 4 is 22.9 Å². The quantitative estimate of drug-likeness (QED) is 0.526. The number of hydrogen-bond donors (Lipinski definition) is 2. The summed E-state index contributed by atoms with van der Waals surface area (Å²) in [5.41, 5.74) is 1.68. The predicted molar refractivity (Wildman–Crippen MR) is 113 cm³/mol. The summed E-state index contributed by atoms with van der Waals surface area (Å²) in [6.45, 7) is 0.685. The van der Waals surface area contributed by atoms with Gasteiger partial charge in [0.05, 0.1) is 25.2 Å². The van der Waals surface area contributed by atoms with Crippen LogP contribution in [0.4, 0.5) is 5.69 Å². The molecule has 0 bridgehead atoms. The Morgan fingerprint density at radius 1 is 1.03 bits per heavy atom. The van der Waals surface area contributed by atoms with Gasteiger partial charge in [0.1, 0.15) is 24.2 Å². The second kappa shape index (κ2) is 10.6. The van der Waals surface area contributed by atoms with Crippen LogP contribution in [0.3, 0.4) is 0 Å². The van der Waals surface area contributed by atoms with Crippen LogP contribution in [0.25, 0.3) is 0 Å². The first kappa shape index (κ1) is 20.9. The van der Waals surface area contributed by atoms with Crippen molar-refractivity contribution in [2.24, 2.45) is 0 Å². The Morgan fingerprint density at radius 2 is 1.76 bits per heavy atom. The fraction of sp³-hybridized carbons (Fsp3) is 0.227. The van der Waals surface area contributed by atoms with Gasteiger partial charge in [-0.3, -0.25) is 4.79 Å². The zero-order valence-electron chi connectivity index (χ0n) is 16.0. The Kier molecular flexibility index (Phi) is 7.63. The van der Waals surface area contributed by atoms with E-state index in [0.29, 0.717) is 22.9 Å². The number of amides is 1. The summed E-state index contributed by atoms with van der Waals surface area (Å²) in [6, 6.07) is 18.2. The maximum absolute atomic E-state index is 12.0. The van der Waals surface area contributed by atoms with Crippen molar-refractivity contribution in [3.63, 3.8) is 0 Å². The van der Waals surface area contributed by atoms with Crippen molar-refractivity contribution < 1.29 is 24.1 Å². The van der Waals surface area contributed by atoms with Gasteiger partial charge in [0, 0.05) is 5.69 Å². The molecule has 1 aromatic heterocycles. The number of ether oxygens (including phenoxy) is 3. The number of carbonyl (C=O) groups excluding carboxylic acids is 1. The van der Waals surface area contributed by atoms with E-state index in [4.69, 9.17) is 14.2 Å². The van der Waals surface area contributed by atoms with Gasteiger partial charge in [-0.2, -0.15) is 0 Å². The van der Waals surface area contributed by atoms with Gasteiger partial charge < -0.3 is 24.6 Å². The standard InChI is InChI=1S/C22H23NO5S/c1-26-19-8-4-16(5-9-19)13-27-14-18(24)15-28-20-10-6-17(7-11-20)23-22(25)21-3-2-12-29-21/h2-12,18,24H,13-15H2,1H3,(H,23,25). The van der Waals surface area contributed by atoms with Gasteiger partial charge in [0.2, 0.25) is 0 Å². The number of anilines is 1. The molecule has 0 saturated heterocycles. The molecule has 2 N–H and O–H groups in total. The van der Waals surface area contributed by atoms with Gasteiger partial charge in [-0.05, 0) is 53.4 Å². The van der Waals surface area contributed by atoms with Crippen LogP contribution in [-0.2, 0) is 11.3 Å². The maximum atomic E-state index is 12.0. The molecule has 0 fully saturated rings. The highest BCUT2D eigenvalue weighted by atomic mass is 32.1. The molecule has 0 saturated carbocycles. The van der Waals surface area contributed by atoms with Crippen LogP contribution in [0.5, 0.6) is 11.5 Å². The van der Waals surface area contributed by atoms with Crippen molar-refractivity contribution in [1.82, 2.24) is 0 Å². The van der Waals surface area contributed by atoms with E-state index in [0.717, 1.165) is 11.3 Å². The van der Waals surface area contributed by atoms with E-state index >= 15 is 0 Å². The van der Waals surface area contributed by atoms with Gasteiger partial charge in [-0.25, -0.2) is 0 Å². The summed E-state index contributed by atoms with van der Waals surface area (Å²) in [4.78, 5) is 12.7. The summed E-state index contributed by atoms with van der Waals surface area (Å²) in [5.74, 6) is 1.26. The normalized spacial score (nSPS) is 11.7. The fourth-order valence-corrected chi connectivity index (χ4v) is 3.13. The molecule has 1 unspecified atom stereocenters.